The van der Waals surface area contributed by atoms with Crippen molar-refractivity contribution < 1.29 is 13.5 Å². The van der Waals surface area contributed by atoms with Crippen molar-refractivity contribution in [1.29, 1.82) is 0 Å². The van der Waals surface area contributed by atoms with Gasteiger partial charge in [0.15, 0.2) is 0 Å². The second kappa shape index (κ2) is 4.45. The summed E-state index contributed by atoms with van der Waals surface area (Å²) in [5, 5.41) is 0.0657. The monoisotopic (exact) mass is 260 g/mol. The van der Waals surface area contributed by atoms with Crippen molar-refractivity contribution in [3.63, 3.8) is 0 Å². The Hall–Kier alpha value is -0.830. The lowest BCUT2D eigenvalue weighted by molar-refractivity contribution is -0.0297. The molecule has 0 aliphatic heterocycles. The zero-order valence-electron chi connectivity index (χ0n) is 9.84. The van der Waals surface area contributed by atoms with Crippen molar-refractivity contribution >= 4 is 11.6 Å². The maximum absolute atomic E-state index is 13.0. The van der Waals surface area contributed by atoms with Crippen LogP contribution in [0.25, 0.3) is 0 Å². The molecule has 1 saturated carbocycles. The predicted molar refractivity (Wildman–Crippen MR) is 63.4 cm³/mol. The normalized spacial score (nSPS) is 32.1. The Morgan fingerprint density at radius 3 is 2.41 bits per heavy atom. The quantitative estimate of drug-likeness (QED) is 0.742. The Kier molecular flexibility index (Phi) is 3.30. The minimum absolute atomic E-state index is 0.0657. The molecule has 17 heavy (non-hydrogen) atoms. The van der Waals surface area contributed by atoms with Crippen LogP contribution in [-0.2, 0) is 0 Å². The summed E-state index contributed by atoms with van der Waals surface area (Å²) in [7, 11) is 0. The Morgan fingerprint density at radius 2 is 1.94 bits per heavy atom. The van der Waals surface area contributed by atoms with Gasteiger partial charge in [-0.3, -0.25) is 0 Å². The van der Waals surface area contributed by atoms with Gasteiger partial charge in [0.25, 0.3) is 0 Å². The first-order valence-corrected chi connectivity index (χ1v) is 6.16. The van der Waals surface area contributed by atoms with Gasteiger partial charge in [-0.1, -0.05) is 13.8 Å². The second-order valence-electron chi connectivity index (χ2n) is 4.77. The molecule has 1 nitrogen and oxygen atoms in total. The number of hydrogen-bond acceptors (Lipinski definition) is 1. The van der Waals surface area contributed by atoms with Gasteiger partial charge < -0.3 is 4.74 Å². The topological polar surface area (TPSA) is 9.23 Å². The van der Waals surface area contributed by atoms with Crippen LogP contribution < -0.4 is 4.74 Å². The molecule has 0 bridgehead atoms. The van der Waals surface area contributed by atoms with Crippen LogP contribution in [0.5, 0.6) is 5.75 Å². The summed E-state index contributed by atoms with van der Waals surface area (Å²) in [6.07, 6.45) is 1.52. The van der Waals surface area contributed by atoms with E-state index in [1.807, 2.05) is 13.8 Å². The van der Waals surface area contributed by atoms with Gasteiger partial charge in [0.05, 0.1) is 0 Å². The molecule has 94 valence electrons. The molecule has 0 amide bonds. The highest BCUT2D eigenvalue weighted by Gasteiger charge is 2.51. The zero-order chi connectivity index (χ0) is 12.6. The van der Waals surface area contributed by atoms with E-state index in [0.29, 0.717) is 6.42 Å². The smallest absolute Gasteiger partial charge is 0.129 e. The molecule has 2 rings (SSSR count). The molecular formula is C13H15ClF2O. The molecule has 3 atom stereocenters. The average molecular weight is 261 g/mol. The fraction of sp³-hybridized carbons (Fsp3) is 0.538. The van der Waals surface area contributed by atoms with Crippen LogP contribution in [0.15, 0.2) is 18.2 Å². The van der Waals surface area contributed by atoms with Crippen molar-refractivity contribution in [1.82, 2.24) is 0 Å². The third-order valence-electron chi connectivity index (χ3n) is 3.75. The Balaban J connectivity index is 2.12. The van der Waals surface area contributed by atoms with Crippen LogP contribution in [0.4, 0.5) is 8.78 Å². The van der Waals surface area contributed by atoms with Gasteiger partial charge in [-0.2, -0.15) is 0 Å². The summed E-state index contributed by atoms with van der Waals surface area (Å²) in [6, 6.07) is 3.22. The Morgan fingerprint density at radius 1 is 1.35 bits per heavy atom. The maximum atomic E-state index is 13.0. The molecule has 0 spiro atoms. The van der Waals surface area contributed by atoms with Gasteiger partial charge in [0, 0.05) is 35.4 Å². The van der Waals surface area contributed by atoms with Crippen molar-refractivity contribution in [3.8, 4) is 5.75 Å². The summed E-state index contributed by atoms with van der Waals surface area (Å²) < 4.78 is 31.6. The van der Waals surface area contributed by atoms with E-state index in [1.54, 1.807) is 0 Å². The van der Waals surface area contributed by atoms with E-state index < -0.39 is 11.6 Å². The van der Waals surface area contributed by atoms with Crippen LogP contribution >= 0.6 is 11.6 Å². The van der Waals surface area contributed by atoms with E-state index >= 15 is 0 Å². The van der Waals surface area contributed by atoms with E-state index in [1.165, 1.54) is 12.1 Å². The van der Waals surface area contributed by atoms with Crippen molar-refractivity contribution in [2.45, 2.75) is 38.2 Å². The molecule has 0 aromatic heterocycles. The Bertz CT molecular complexity index is 404. The lowest BCUT2D eigenvalue weighted by Crippen LogP contribution is -2.55. The molecular weight excluding hydrogens is 246 g/mol. The molecule has 1 aromatic carbocycles. The van der Waals surface area contributed by atoms with Gasteiger partial charge in [-0.15, -0.1) is 11.6 Å². The molecule has 1 aliphatic rings. The largest absolute Gasteiger partial charge is 0.490 e. The van der Waals surface area contributed by atoms with Crippen LogP contribution in [0, 0.1) is 17.0 Å². The van der Waals surface area contributed by atoms with Gasteiger partial charge in [0.1, 0.15) is 23.5 Å². The highest BCUT2D eigenvalue weighted by Crippen LogP contribution is 2.49. The fourth-order valence-corrected chi connectivity index (χ4v) is 2.62. The van der Waals surface area contributed by atoms with E-state index in [4.69, 9.17) is 16.3 Å². The standard InChI is InChI=1S/C13H15ClF2O/c1-3-13(2)11(14)7-12(13)17-10-5-8(15)4-9(16)6-10/h4-6,11-12H,3,7H2,1-2H3. The van der Waals surface area contributed by atoms with Gasteiger partial charge >= 0.3 is 0 Å². The lowest BCUT2D eigenvalue weighted by atomic mass is 9.65. The SMILES string of the molecule is CCC1(C)C(Cl)CC1Oc1cc(F)cc(F)c1. The fourth-order valence-electron chi connectivity index (χ4n) is 2.16. The highest BCUT2D eigenvalue weighted by molar-refractivity contribution is 6.21. The van der Waals surface area contributed by atoms with Gasteiger partial charge in [-0.25, -0.2) is 8.78 Å². The molecule has 1 aliphatic carbocycles. The molecule has 1 aromatic rings. The highest BCUT2D eigenvalue weighted by atomic mass is 35.5. The summed E-state index contributed by atoms with van der Waals surface area (Å²) in [4.78, 5) is 0. The van der Waals surface area contributed by atoms with Crippen molar-refractivity contribution in [3.05, 3.63) is 29.8 Å². The molecule has 0 heterocycles. The molecule has 0 saturated heterocycles. The predicted octanol–water partition coefficient (Wildman–Crippen LogP) is 4.14. The van der Waals surface area contributed by atoms with E-state index in [-0.39, 0.29) is 22.6 Å². The van der Waals surface area contributed by atoms with Crippen LogP contribution in [-0.4, -0.2) is 11.5 Å². The minimum Gasteiger partial charge on any atom is -0.490 e. The van der Waals surface area contributed by atoms with Gasteiger partial charge in [-0.05, 0) is 6.42 Å². The molecule has 1 fully saturated rings. The van der Waals surface area contributed by atoms with Gasteiger partial charge in [0.2, 0.25) is 0 Å². The number of rotatable bonds is 3. The number of alkyl halides is 1. The second-order valence-corrected chi connectivity index (χ2v) is 5.30. The number of halogens is 3. The average Bonchev–Trinajstić information content (AvgIpc) is 2.26. The number of ether oxygens (including phenoxy) is 1. The Labute approximate surface area is 105 Å². The first-order valence-electron chi connectivity index (χ1n) is 5.72. The summed E-state index contributed by atoms with van der Waals surface area (Å²) in [6.45, 7) is 4.07. The van der Waals surface area contributed by atoms with Crippen LogP contribution in [0.1, 0.15) is 26.7 Å². The van der Waals surface area contributed by atoms with Crippen molar-refractivity contribution in [2.75, 3.05) is 0 Å². The number of hydrogen-bond donors (Lipinski definition) is 0. The van der Waals surface area contributed by atoms with E-state index in [0.717, 1.165) is 12.5 Å². The molecule has 4 heteroatoms. The molecule has 3 unspecified atom stereocenters. The summed E-state index contributed by atoms with van der Waals surface area (Å²) >= 11 is 6.15. The first kappa shape index (κ1) is 12.6. The van der Waals surface area contributed by atoms with Crippen LogP contribution in [0.3, 0.4) is 0 Å². The van der Waals surface area contributed by atoms with E-state index in [9.17, 15) is 8.78 Å². The zero-order valence-corrected chi connectivity index (χ0v) is 10.6. The lowest BCUT2D eigenvalue weighted by Gasteiger charge is -2.50. The number of benzene rings is 1. The van der Waals surface area contributed by atoms with Crippen LogP contribution in [0.2, 0.25) is 0 Å². The molecule has 0 N–H and O–H groups in total. The maximum Gasteiger partial charge on any atom is 0.129 e. The van der Waals surface area contributed by atoms with E-state index in [2.05, 4.69) is 0 Å². The third-order valence-corrected chi connectivity index (χ3v) is 4.43. The van der Waals surface area contributed by atoms with Crippen molar-refractivity contribution in [2.24, 2.45) is 5.41 Å². The minimum atomic E-state index is -0.625. The molecule has 0 radical (unpaired) electrons. The third kappa shape index (κ3) is 2.25. The summed E-state index contributed by atoms with van der Waals surface area (Å²) in [5.41, 5.74) is -0.121. The first-order chi connectivity index (χ1) is 7.95. The summed E-state index contributed by atoms with van der Waals surface area (Å²) in [5.74, 6) is -1.02.